The van der Waals surface area contributed by atoms with Gasteiger partial charge in [0.25, 0.3) is 0 Å². The van der Waals surface area contributed by atoms with Gasteiger partial charge in [0, 0.05) is 25.7 Å². The van der Waals surface area contributed by atoms with Gasteiger partial charge in [-0.3, -0.25) is 9.59 Å². The fourth-order valence-electron chi connectivity index (χ4n) is 3.00. The van der Waals surface area contributed by atoms with Crippen LogP contribution in [0.1, 0.15) is 34.1 Å². The molecule has 0 saturated carbocycles. The molecule has 0 aliphatic carbocycles. The Morgan fingerprint density at radius 3 is 2.50 bits per heavy atom. The zero-order valence-electron chi connectivity index (χ0n) is 15.3. The van der Waals surface area contributed by atoms with Crippen molar-refractivity contribution in [2.45, 2.75) is 40.2 Å². The SMILES string of the molecule is C[C@@H]1CNC(=O)C2(C/C=C/COCC(C(C)(C)C)C(=O)N1)CNC2. The first-order valence-electron chi connectivity index (χ1n) is 8.77. The first kappa shape index (κ1) is 18.9. The summed E-state index contributed by atoms with van der Waals surface area (Å²) in [6, 6.07) is -0.116. The Morgan fingerprint density at radius 2 is 1.92 bits per heavy atom. The molecule has 24 heavy (non-hydrogen) atoms. The molecule has 6 heteroatoms. The van der Waals surface area contributed by atoms with Crippen LogP contribution in [-0.2, 0) is 14.3 Å². The van der Waals surface area contributed by atoms with E-state index in [-0.39, 0.29) is 34.6 Å². The summed E-state index contributed by atoms with van der Waals surface area (Å²) in [7, 11) is 0. The van der Waals surface area contributed by atoms with Crippen LogP contribution in [-0.4, -0.2) is 50.7 Å². The van der Waals surface area contributed by atoms with Crippen molar-refractivity contribution in [3.63, 3.8) is 0 Å². The van der Waals surface area contributed by atoms with Crippen LogP contribution >= 0.6 is 0 Å². The van der Waals surface area contributed by atoms with Gasteiger partial charge in [-0.2, -0.15) is 0 Å². The second-order valence-corrected chi connectivity index (χ2v) is 8.14. The van der Waals surface area contributed by atoms with Gasteiger partial charge < -0.3 is 20.7 Å². The van der Waals surface area contributed by atoms with E-state index >= 15 is 0 Å². The number of carbonyl (C=O) groups excluding carboxylic acids is 2. The Kier molecular flexibility index (Phi) is 6.04. The maximum absolute atomic E-state index is 12.6. The van der Waals surface area contributed by atoms with Crippen molar-refractivity contribution in [2.75, 3.05) is 32.8 Å². The van der Waals surface area contributed by atoms with Gasteiger partial charge in [0.15, 0.2) is 0 Å². The molecule has 0 aromatic heterocycles. The number of rotatable bonds is 0. The molecule has 3 N–H and O–H groups in total. The lowest BCUT2D eigenvalue weighted by Gasteiger charge is -2.40. The lowest BCUT2D eigenvalue weighted by Crippen LogP contribution is -2.62. The molecule has 2 heterocycles. The van der Waals surface area contributed by atoms with E-state index in [1.165, 1.54) is 0 Å². The summed E-state index contributed by atoms with van der Waals surface area (Å²) in [6.45, 7) is 10.7. The van der Waals surface area contributed by atoms with Crippen molar-refractivity contribution in [1.29, 1.82) is 0 Å². The number of ether oxygens (including phenoxy) is 1. The number of hydrogen-bond donors (Lipinski definition) is 3. The molecule has 0 aromatic rings. The average molecular weight is 337 g/mol. The van der Waals surface area contributed by atoms with E-state index in [9.17, 15) is 9.59 Å². The summed E-state index contributed by atoms with van der Waals surface area (Å²) in [5.74, 6) is -0.197. The van der Waals surface area contributed by atoms with Crippen molar-refractivity contribution < 1.29 is 14.3 Å². The fraction of sp³-hybridized carbons (Fsp3) is 0.778. The fourth-order valence-corrected chi connectivity index (χ4v) is 3.00. The second kappa shape index (κ2) is 7.66. The largest absolute Gasteiger partial charge is 0.377 e. The van der Waals surface area contributed by atoms with Crippen molar-refractivity contribution in [3.05, 3.63) is 12.2 Å². The molecular weight excluding hydrogens is 306 g/mol. The summed E-state index contributed by atoms with van der Waals surface area (Å²) in [6.07, 6.45) is 4.67. The van der Waals surface area contributed by atoms with Gasteiger partial charge in [-0.1, -0.05) is 32.9 Å². The van der Waals surface area contributed by atoms with E-state index < -0.39 is 0 Å². The molecule has 1 unspecified atom stereocenters. The monoisotopic (exact) mass is 337 g/mol. The van der Waals surface area contributed by atoms with Crippen LogP contribution in [0.25, 0.3) is 0 Å². The van der Waals surface area contributed by atoms with Crippen molar-refractivity contribution in [2.24, 2.45) is 16.7 Å². The average Bonchev–Trinajstić information content (AvgIpc) is 2.43. The maximum atomic E-state index is 12.6. The van der Waals surface area contributed by atoms with Crippen LogP contribution in [0, 0.1) is 16.7 Å². The number of carbonyl (C=O) groups is 2. The molecule has 0 bridgehead atoms. The van der Waals surface area contributed by atoms with E-state index in [1.54, 1.807) is 0 Å². The van der Waals surface area contributed by atoms with E-state index in [4.69, 9.17) is 4.74 Å². The molecule has 1 saturated heterocycles. The predicted octanol–water partition coefficient (Wildman–Crippen LogP) is 0.836. The minimum absolute atomic E-state index is 0.0229. The van der Waals surface area contributed by atoms with Gasteiger partial charge in [0.1, 0.15) is 0 Å². The van der Waals surface area contributed by atoms with Crippen LogP contribution < -0.4 is 16.0 Å². The predicted molar refractivity (Wildman–Crippen MR) is 93.4 cm³/mol. The first-order valence-corrected chi connectivity index (χ1v) is 8.77. The lowest BCUT2D eigenvalue weighted by molar-refractivity contribution is -0.135. The molecule has 2 rings (SSSR count). The number of allylic oxidation sites excluding steroid dienone is 1. The van der Waals surface area contributed by atoms with Crippen LogP contribution in [0.15, 0.2) is 12.2 Å². The van der Waals surface area contributed by atoms with Crippen molar-refractivity contribution in [3.8, 4) is 0 Å². The first-order chi connectivity index (χ1) is 11.2. The zero-order chi connectivity index (χ0) is 17.8. The minimum Gasteiger partial charge on any atom is -0.377 e. The van der Waals surface area contributed by atoms with Crippen molar-refractivity contribution >= 4 is 11.8 Å². The van der Waals surface area contributed by atoms with E-state index in [0.29, 0.717) is 39.3 Å². The summed E-state index contributed by atoms with van der Waals surface area (Å²) >= 11 is 0. The Morgan fingerprint density at radius 1 is 1.21 bits per heavy atom. The van der Waals surface area contributed by atoms with Crippen LogP contribution in [0.5, 0.6) is 0 Å². The maximum Gasteiger partial charge on any atom is 0.229 e. The smallest absolute Gasteiger partial charge is 0.229 e. The van der Waals surface area contributed by atoms with Gasteiger partial charge >= 0.3 is 0 Å². The van der Waals surface area contributed by atoms with Gasteiger partial charge in [0.2, 0.25) is 11.8 Å². The van der Waals surface area contributed by atoms with Crippen LogP contribution in [0.4, 0.5) is 0 Å². The highest BCUT2D eigenvalue weighted by Crippen LogP contribution is 2.29. The minimum atomic E-state index is -0.363. The third kappa shape index (κ3) is 4.57. The van der Waals surface area contributed by atoms with Crippen LogP contribution in [0.2, 0.25) is 0 Å². The quantitative estimate of drug-likeness (QED) is 0.572. The summed E-state index contributed by atoms with van der Waals surface area (Å²) < 4.78 is 5.71. The van der Waals surface area contributed by atoms with Gasteiger partial charge in [-0.15, -0.1) is 0 Å². The molecular formula is C18H31N3O3. The number of amides is 2. The third-order valence-electron chi connectivity index (χ3n) is 4.90. The van der Waals surface area contributed by atoms with Crippen LogP contribution in [0.3, 0.4) is 0 Å². The highest BCUT2D eigenvalue weighted by atomic mass is 16.5. The van der Waals surface area contributed by atoms with Gasteiger partial charge in [-0.05, 0) is 18.8 Å². The normalized spacial score (nSPS) is 30.7. The summed E-state index contributed by atoms with van der Waals surface area (Å²) in [5.41, 5.74) is -0.548. The highest BCUT2D eigenvalue weighted by Gasteiger charge is 2.43. The molecule has 2 atom stereocenters. The Hall–Kier alpha value is -1.40. The summed E-state index contributed by atoms with van der Waals surface area (Å²) in [4.78, 5) is 25.1. The molecule has 136 valence electrons. The van der Waals surface area contributed by atoms with Crippen molar-refractivity contribution in [1.82, 2.24) is 16.0 Å². The second-order valence-electron chi connectivity index (χ2n) is 8.14. The molecule has 0 radical (unpaired) electrons. The molecule has 2 aliphatic heterocycles. The van der Waals surface area contributed by atoms with Gasteiger partial charge in [0.05, 0.1) is 24.5 Å². The number of hydrogen-bond acceptors (Lipinski definition) is 4. The molecule has 1 fully saturated rings. The Bertz CT molecular complexity index is 492. The number of nitrogens with one attached hydrogen (secondary N) is 3. The van der Waals surface area contributed by atoms with E-state index in [0.717, 1.165) is 0 Å². The standard InChI is InChI=1S/C18H31N3O3/c1-13-9-20-16(23)18(11-19-12-18)7-5-6-8-24-10-14(15(22)21-13)17(2,3)4/h5-6,13-14,19H,7-12H2,1-4H3,(H,20,23)(H,21,22)/b6-5+/t13-,14?/m1/s1. The molecule has 6 nitrogen and oxygen atoms in total. The highest BCUT2D eigenvalue weighted by molar-refractivity contribution is 5.84. The topological polar surface area (TPSA) is 79.5 Å². The Balaban J connectivity index is 2.09. The third-order valence-corrected chi connectivity index (χ3v) is 4.90. The molecule has 0 aromatic carbocycles. The molecule has 1 spiro atoms. The Labute approximate surface area is 144 Å². The lowest BCUT2D eigenvalue weighted by atomic mass is 9.77. The van der Waals surface area contributed by atoms with E-state index in [1.807, 2.05) is 39.8 Å². The molecule has 2 aliphatic rings. The van der Waals surface area contributed by atoms with E-state index in [2.05, 4.69) is 16.0 Å². The zero-order valence-corrected chi connectivity index (χ0v) is 15.3. The molecule has 2 amide bonds. The summed E-state index contributed by atoms with van der Waals surface area (Å²) in [5, 5.41) is 9.18. The van der Waals surface area contributed by atoms with Gasteiger partial charge in [-0.25, -0.2) is 0 Å².